The van der Waals surface area contributed by atoms with Gasteiger partial charge >= 0.3 is 0 Å². The van der Waals surface area contributed by atoms with Crippen LogP contribution in [0.5, 0.6) is 0 Å². The van der Waals surface area contributed by atoms with E-state index in [0.29, 0.717) is 6.10 Å². The van der Waals surface area contributed by atoms with E-state index in [1.54, 1.807) is 0 Å². The van der Waals surface area contributed by atoms with Crippen LogP contribution in [0.1, 0.15) is 26.7 Å². The van der Waals surface area contributed by atoms with E-state index in [9.17, 15) is 0 Å². The molecule has 0 aromatic carbocycles. The first-order valence-electron chi connectivity index (χ1n) is 6.78. The Morgan fingerprint density at radius 3 is 2.44 bits per heavy atom. The Bertz CT molecular complexity index is 192. The molecule has 16 heavy (non-hydrogen) atoms. The highest BCUT2D eigenvalue weighted by atomic mass is 16.5. The summed E-state index contributed by atoms with van der Waals surface area (Å²) in [5, 5.41) is 3.54. The van der Waals surface area contributed by atoms with Crippen LogP contribution in [0.2, 0.25) is 0 Å². The highest BCUT2D eigenvalue weighted by molar-refractivity contribution is 4.77. The molecule has 2 aliphatic rings. The molecule has 0 radical (unpaired) electrons. The number of ether oxygens (including phenoxy) is 1. The fraction of sp³-hybridized carbons (Fsp3) is 1.00. The van der Waals surface area contributed by atoms with Crippen molar-refractivity contribution in [3.63, 3.8) is 0 Å². The predicted molar refractivity (Wildman–Crippen MR) is 66.6 cm³/mol. The molecule has 0 aromatic heterocycles. The summed E-state index contributed by atoms with van der Waals surface area (Å²) in [5.74, 6) is 1.52. The number of nitrogens with zero attached hydrogens (tertiary/aromatic N) is 1. The molecule has 2 saturated heterocycles. The molecule has 3 atom stereocenters. The van der Waals surface area contributed by atoms with Gasteiger partial charge in [0.2, 0.25) is 0 Å². The zero-order chi connectivity index (χ0) is 11.4. The second kappa shape index (κ2) is 5.99. The second-order valence-corrected chi connectivity index (χ2v) is 5.72. The number of hydrogen-bond acceptors (Lipinski definition) is 3. The van der Waals surface area contributed by atoms with Gasteiger partial charge in [0.25, 0.3) is 0 Å². The van der Waals surface area contributed by atoms with E-state index in [1.165, 1.54) is 25.9 Å². The molecular formula is C13H26N2O. The summed E-state index contributed by atoms with van der Waals surface area (Å²) in [6.07, 6.45) is 3.02. The second-order valence-electron chi connectivity index (χ2n) is 5.72. The summed E-state index contributed by atoms with van der Waals surface area (Å²) in [6.45, 7) is 11.6. The highest BCUT2D eigenvalue weighted by Gasteiger charge is 2.22. The predicted octanol–water partition coefficient (Wildman–Crippen LogP) is 1.34. The Labute approximate surface area is 99.5 Å². The third kappa shape index (κ3) is 3.72. The van der Waals surface area contributed by atoms with Crippen molar-refractivity contribution in [3.05, 3.63) is 0 Å². The maximum atomic E-state index is 5.74. The van der Waals surface area contributed by atoms with Gasteiger partial charge in [0.05, 0.1) is 6.10 Å². The van der Waals surface area contributed by atoms with Crippen LogP contribution in [-0.2, 0) is 4.74 Å². The number of rotatable bonds is 2. The summed E-state index contributed by atoms with van der Waals surface area (Å²) in [7, 11) is 0. The monoisotopic (exact) mass is 226 g/mol. The van der Waals surface area contributed by atoms with Crippen molar-refractivity contribution in [3.8, 4) is 0 Å². The van der Waals surface area contributed by atoms with Crippen molar-refractivity contribution in [1.29, 1.82) is 0 Å². The van der Waals surface area contributed by atoms with Gasteiger partial charge in [-0.1, -0.05) is 13.8 Å². The standard InChI is InChI=1S/C13H26N2O/c1-11-6-14-7-12(2)9-15(8-11)10-13-4-3-5-16-13/h11-14H,3-10H2,1-2H3. The number of nitrogens with one attached hydrogen (secondary N) is 1. The summed E-state index contributed by atoms with van der Waals surface area (Å²) in [5.41, 5.74) is 0. The van der Waals surface area contributed by atoms with E-state index in [4.69, 9.17) is 4.74 Å². The van der Waals surface area contributed by atoms with Crippen LogP contribution in [0.25, 0.3) is 0 Å². The van der Waals surface area contributed by atoms with E-state index in [-0.39, 0.29) is 0 Å². The third-order valence-electron chi connectivity index (χ3n) is 3.61. The Hall–Kier alpha value is -0.120. The molecule has 94 valence electrons. The minimum Gasteiger partial charge on any atom is -0.377 e. The Morgan fingerprint density at radius 2 is 1.88 bits per heavy atom. The SMILES string of the molecule is CC1CNCC(C)CN(CC2CCCO2)C1. The lowest BCUT2D eigenvalue weighted by Crippen LogP contribution is -2.45. The van der Waals surface area contributed by atoms with Gasteiger partial charge in [0.1, 0.15) is 0 Å². The normalized spacial score (nSPS) is 38.2. The molecule has 3 nitrogen and oxygen atoms in total. The molecule has 0 saturated carbocycles. The van der Waals surface area contributed by atoms with Crippen LogP contribution >= 0.6 is 0 Å². The van der Waals surface area contributed by atoms with Crippen molar-refractivity contribution in [2.75, 3.05) is 39.3 Å². The van der Waals surface area contributed by atoms with Crippen molar-refractivity contribution in [1.82, 2.24) is 10.2 Å². The average molecular weight is 226 g/mol. The van der Waals surface area contributed by atoms with Crippen molar-refractivity contribution in [2.45, 2.75) is 32.8 Å². The maximum Gasteiger partial charge on any atom is 0.0702 e. The molecule has 0 amide bonds. The van der Waals surface area contributed by atoms with E-state index >= 15 is 0 Å². The van der Waals surface area contributed by atoms with Gasteiger partial charge in [-0.15, -0.1) is 0 Å². The lowest BCUT2D eigenvalue weighted by atomic mass is 10.0. The van der Waals surface area contributed by atoms with Gasteiger partial charge in [-0.2, -0.15) is 0 Å². The third-order valence-corrected chi connectivity index (χ3v) is 3.61. The topological polar surface area (TPSA) is 24.5 Å². The minimum atomic E-state index is 0.506. The zero-order valence-electron chi connectivity index (χ0n) is 10.7. The average Bonchev–Trinajstić information content (AvgIpc) is 2.67. The first-order valence-corrected chi connectivity index (χ1v) is 6.78. The van der Waals surface area contributed by atoms with Crippen LogP contribution in [0.4, 0.5) is 0 Å². The van der Waals surface area contributed by atoms with Crippen LogP contribution in [-0.4, -0.2) is 50.3 Å². The summed E-state index contributed by atoms with van der Waals surface area (Å²) < 4.78 is 5.74. The molecule has 3 unspecified atom stereocenters. The quantitative estimate of drug-likeness (QED) is 0.769. The molecule has 2 heterocycles. The molecule has 2 rings (SSSR count). The van der Waals surface area contributed by atoms with Gasteiger partial charge in [-0.05, 0) is 37.8 Å². The molecule has 2 fully saturated rings. The summed E-state index contributed by atoms with van der Waals surface area (Å²) in [6, 6.07) is 0. The largest absolute Gasteiger partial charge is 0.377 e. The molecule has 3 heteroatoms. The summed E-state index contributed by atoms with van der Waals surface area (Å²) in [4.78, 5) is 2.62. The highest BCUT2D eigenvalue weighted by Crippen LogP contribution is 2.16. The number of hydrogen-bond donors (Lipinski definition) is 1. The first-order chi connectivity index (χ1) is 7.74. The lowest BCUT2D eigenvalue weighted by Gasteiger charge is -2.33. The van der Waals surface area contributed by atoms with Gasteiger partial charge < -0.3 is 15.0 Å². The van der Waals surface area contributed by atoms with Crippen LogP contribution in [0.3, 0.4) is 0 Å². The minimum absolute atomic E-state index is 0.506. The van der Waals surface area contributed by atoms with Gasteiger partial charge in [-0.25, -0.2) is 0 Å². The van der Waals surface area contributed by atoms with Gasteiger partial charge in [0, 0.05) is 26.2 Å². The van der Waals surface area contributed by atoms with Crippen LogP contribution in [0, 0.1) is 11.8 Å². The Balaban J connectivity index is 1.83. The molecule has 0 spiro atoms. The first kappa shape index (κ1) is 12.3. The van der Waals surface area contributed by atoms with Crippen molar-refractivity contribution >= 4 is 0 Å². The zero-order valence-corrected chi connectivity index (χ0v) is 10.7. The van der Waals surface area contributed by atoms with Gasteiger partial charge in [0.15, 0.2) is 0 Å². The lowest BCUT2D eigenvalue weighted by molar-refractivity contribution is 0.0600. The van der Waals surface area contributed by atoms with E-state index < -0.39 is 0 Å². The molecule has 2 aliphatic heterocycles. The maximum absolute atomic E-state index is 5.74. The molecule has 0 aliphatic carbocycles. The summed E-state index contributed by atoms with van der Waals surface area (Å²) >= 11 is 0. The van der Waals surface area contributed by atoms with Crippen molar-refractivity contribution in [2.24, 2.45) is 11.8 Å². The molecular weight excluding hydrogens is 200 g/mol. The molecule has 0 aromatic rings. The van der Waals surface area contributed by atoms with Crippen LogP contribution in [0.15, 0.2) is 0 Å². The van der Waals surface area contributed by atoms with Crippen molar-refractivity contribution < 1.29 is 4.74 Å². The fourth-order valence-electron chi connectivity index (χ4n) is 2.89. The molecule has 1 N–H and O–H groups in total. The van der Waals surface area contributed by atoms with Gasteiger partial charge in [-0.3, -0.25) is 0 Å². The fourth-order valence-corrected chi connectivity index (χ4v) is 2.89. The van der Waals surface area contributed by atoms with E-state index in [0.717, 1.165) is 38.1 Å². The molecule has 0 bridgehead atoms. The smallest absolute Gasteiger partial charge is 0.0702 e. The Morgan fingerprint density at radius 1 is 1.19 bits per heavy atom. The van der Waals surface area contributed by atoms with Crippen LogP contribution < -0.4 is 5.32 Å². The van der Waals surface area contributed by atoms with E-state index in [1.807, 2.05) is 0 Å². The van der Waals surface area contributed by atoms with E-state index in [2.05, 4.69) is 24.1 Å². The Kier molecular flexibility index (Phi) is 4.62.